The van der Waals surface area contributed by atoms with Gasteiger partial charge in [0.2, 0.25) is 0 Å². The van der Waals surface area contributed by atoms with Crippen LogP contribution in [0.3, 0.4) is 0 Å². The summed E-state index contributed by atoms with van der Waals surface area (Å²) in [5.74, 6) is -0.105. The zero-order valence-corrected chi connectivity index (χ0v) is 14.2. The summed E-state index contributed by atoms with van der Waals surface area (Å²) in [6, 6.07) is 0.773. The average molecular weight is 305 g/mol. The number of aromatic amines is 1. The quantitative estimate of drug-likeness (QED) is 0.840. The van der Waals surface area contributed by atoms with Gasteiger partial charge in [-0.05, 0) is 53.0 Å². The molecule has 2 heterocycles. The highest BCUT2D eigenvalue weighted by Crippen LogP contribution is 2.19. The maximum absolute atomic E-state index is 12.5. The molecule has 0 aromatic carbocycles. The third-order valence-corrected chi connectivity index (χ3v) is 4.61. The van der Waals surface area contributed by atoms with Crippen molar-refractivity contribution in [3.8, 4) is 0 Å². The van der Waals surface area contributed by atoms with Crippen LogP contribution < -0.4 is 5.32 Å². The summed E-state index contributed by atoms with van der Waals surface area (Å²) in [7, 11) is 0. The molecule has 0 unspecified atom stereocenters. The van der Waals surface area contributed by atoms with Crippen LogP contribution in [0.25, 0.3) is 0 Å². The van der Waals surface area contributed by atoms with Gasteiger partial charge in [-0.25, -0.2) is 0 Å². The smallest absolute Gasteiger partial charge is 0.268 e. The fourth-order valence-electron chi connectivity index (χ4n) is 3.32. The minimum atomic E-state index is -0.101. The SMILES string of the molecule is CC(=O)c1c(C)[nH]c(C(=O)NC2CCN(C(C)C)CC2)c1C. The van der Waals surface area contributed by atoms with E-state index in [1.807, 2.05) is 13.8 Å². The number of hydrogen-bond donors (Lipinski definition) is 2. The van der Waals surface area contributed by atoms with E-state index in [-0.39, 0.29) is 17.7 Å². The Morgan fingerprint density at radius 3 is 2.27 bits per heavy atom. The second-order valence-corrected chi connectivity index (χ2v) is 6.56. The molecule has 0 aliphatic carbocycles. The number of nitrogens with zero attached hydrogens (tertiary/aromatic N) is 1. The number of amides is 1. The van der Waals surface area contributed by atoms with E-state index in [1.165, 1.54) is 6.92 Å². The van der Waals surface area contributed by atoms with Crippen molar-refractivity contribution in [2.75, 3.05) is 13.1 Å². The minimum Gasteiger partial charge on any atom is -0.354 e. The van der Waals surface area contributed by atoms with E-state index in [0.29, 0.717) is 17.3 Å². The number of ketones is 1. The molecule has 1 aliphatic rings. The van der Waals surface area contributed by atoms with Crippen LogP contribution in [0, 0.1) is 13.8 Å². The molecular formula is C17H27N3O2. The molecule has 5 heteroatoms. The summed E-state index contributed by atoms with van der Waals surface area (Å²) in [6.07, 6.45) is 1.95. The second kappa shape index (κ2) is 6.65. The molecule has 1 aliphatic heterocycles. The minimum absolute atomic E-state index is 0.00413. The van der Waals surface area contributed by atoms with Gasteiger partial charge in [-0.15, -0.1) is 0 Å². The van der Waals surface area contributed by atoms with Gasteiger partial charge in [0.1, 0.15) is 5.69 Å². The number of hydrogen-bond acceptors (Lipinski definition) is 3. The highest BCUT2D eigenvalue weighted by Gasteiger charge is 2.25. The third-order valence-electron chi connectivity index (χ3n) is 4.61. The van der Waals surface area contributed by atoms with E-state index in [2.05, 4.69) is 29.0 Å². The molecule has 1 amide bonds. The highest BCUT2D eigenvalue weighted by atomic mass is 16.2. The number of likely N-dealkylation sites (tertiary alicyclic amines) is 1. The van der Waals surface area contributed by atoms with Gasteiger partial charge in [0.05, 0.1) is 0 Å². The number of rotatable bonds is 4. The van der Waals surface area contributed by atoms with Gasteiger partial charge in [-0.2, -0.15) is 0 Å². The lowest BCUT2D eigenvalue weighted by atomic mass is 10.0. The largest absolute Gasteiger partial charge is 0.354 e. The van der Waals surface area contributed by atoms with Gasteiger partial charge in [0, 0.05) is 36.4 Å². The van der Waals surface area contributed by atoms with Gasteiger partial charge >= 0.3 is 0 Å². The fourth-order valence-corrected chi connectivity index (χ4v) is 3.32. The molecule has 122 valence electrons. The number of piperidine rings is 1. The first-order valence-corrected chi connectivity index (χ1v) is 8.06. The van der Waals surface area contributed by atoms with Gasteiger partial charge in [-0.1, -0.05) is 0 Å². The van der Waals surface area contributed by atoms with Crippen LogP contribution in [0.1, 0.15) is 65.7 Å². The van der Waals surface area contributed by atoms with E-state index < -0.39 is 0 Å². The summed E-state index contributed by atoms with van der Waals surface area (Å²) in [5, 5.41) is 3.11. The first kappa shape index (κ1) is 16.7. The van der Waals surface area contributed by atoms with Crippen molar-refractivity contribution < 1.29 is 9.59 Å². The summed E-state index contributed by atoms with van der Waals surface area (Å²) in [5.41, 5.74) is 2.68. The van der Waals surface area contributed by atoms with Gasteiger partial charge in [-0.3, -0.25) is 9.59 Å². The number of carbonyl (C=O) groups is 2. The molecule has 2 N–H and O–H groups in total. The summed E-state index contributed by atoms with van der Waals surface area (Å²) < 4.78 is 0. The second-order valence-electron chi connectivity index (χ2n) is 6.56. The Hall–Kier alpha value is -1.62. The Morgan fingerprint density at radius 1 is 1.23 bits per heavy atom. The maximum atomic E-state index is 12.5. The first-order chi connectivity index (χ1) is 10.3. The monoisotopic (exact) mass is 305 g/mol. The molecular weight excluding hydrogens is 278 g/mol. The van der Waals surface area contributed by atoms with Crippen LogP contribution in [0.5, 0.6) is 0 Å². The van der Waals surface area contributed by atoms with Gasteiger partial charge < -0.3 is 15.2 Å². The number of H-pyrrole nitrogens is 1. The van der Waals surface area contributed by atoms with E-state index in [4.69, 9.17) is 0 Å². The van der Waals surface area contributed by atoms with E-state index >= 15 is 0 Å². The van der Waals surface area contributed by atoms with Gasteiger partial charge in [0.25, 0.3) is 5.91 Å². The van der Waals surface area contributed by atoms with Crippen LogP contribution in [-0.4, -0.2) is 46.7 Å². The van der Waals surface area contributed by atoms with E-state index in [9.17, 15) is 9.59 Å². The third kappa shape index (κ3) is 3.40. The Labute approximate surface area is 132 Å². The molecule has 0 spiro atoms. The van der Waals surface area contributed by atoms with Crippen LogP contribution in [-0.2, 0) is 0 Å². The highest BCUT2D eigenvalue weighted by molar-refractivity contribution is 6.02. The fraction of sp³-hybridized carbons (Fsp3) is 0.647. The number of aromatic nitrogens is 1. The molecule has 1 saturated heterocycles. The van der Waals surface area contributed by atoms with Crippen molar-refractivity contribution in [3.05, 3.63) is 22.5 Å². The Kier molecular flexibility index (Phi) is 5.06. The Morgan fingerprint density at radius 2 is 1.82 bits per heavy atom. The van der Waals surface area contributed by atoms with Crippen LogP contribution in [0.4, 0.5) is 0 Å². The lowest BCUT2D eigenvalue weighted by Gasteiger charge is -2.34. The number of carbonyl (C=O) groups excluding carboxylic acids is 2. The molecule has 0 saturated carbocycles. The van der Waals surface area contributed by atoms with Crippen LogP contribution >= 0.6 is 0 Å². The molecule has 0 atom stereocenters. The molecule has 0 bridgehead atoms. The standard InChI is InChI=1S/C17H27N3O2/c1-10(2)20-8-6-14(7-9-20)19-17(22)16-11(3)15(13(5)21)12(4)18-16/h10,14,18H,6-9H2,1-5H3,(H,19,22). The van der Waals surface area contributed by atoms with Gasteiger partial charge in [0.15, 0.2) is 5.78 Å². The van der Waals surface area contributed by atoms with Crippen molar-refractivity contribution in [2.45, 2.75) is 59.5 Å². The number of aryl methyl sites for hydroxylation is 1. The predicted octanol–water partition coefficient (Wildman–Crippen LogP) is 2.44. The molecule has 1 fully saturated rings. The molecule has 0 radical (unpaired) electrons. The average Bonchev–Trinajstić information content (AvgIpc) is 2.74. The predicted molar refractivity (Wildman–Crippen MR) is 87.5 cm³/mol. The number of Topliss-reactive ketones (excluding diaryl/α,β-unsaturated/α-hetero) is 1. The zero-order valence-electron chi connectivity index (χ0n) is 14.2. The summed E-state index contributed by atoms with van der Waals surface area (Å²) in [4.78, 5) is 29.6. The van der Waals surface area contributed by atoms with Crippen molar-refractivity contribution in [1.29, 1.82) is 0 Å². The van der Waals surface area contributed by atoms with E-state index in [0.717, 1.165) is 37.2 Å². The van der Waals surface area contributed by atoms with Crippen molar-refractivity contribution in [1.82, 2.24) is 15.2 Å². The van der Waals surface area contributed by atoms with E-state index in [1.54, 1.807) is 0 Å². The summed E-state index contributed by atoms with van der Waals surface area (Å²) in [6.45, 7) is 11.6. The molecule has 1 aromatic rings. The Bertz CT molecular complexity index is 567. The molecule has 2 rings (SSSR count). The molecule has 22 heavy (non-hydrogen) atoms. The molecule has 5 nitrogen and oxygen atoms in total. The summed E-state index contributed by atoms with van der Waals surface area (Å²) >= 11 is 0. The normalized spacial score (nSPS) is 17.0. The number of nitrogens with one attached hydrogen (secondary N) is 2. The first-order valence-electron chi connectivity index (χ1n) is 8.06. The lowest BCUT2D eigenvalue weighted by molar-refractivity contribution is 0.0895. The lowest BCUT2D eigenvalue weighted by Crippen LogP contribution is -2.46. The van der Waals surface area contributed by atoms with Crippen LogP contribution in [0.15, 0.2) is 0 Å². The Balaban J connectivity index is 2.02. The van der Waals surface area contributed by atoms with Crippen molar-refractivity contribution in [3.63, 3.8) is 0 Å². The topological polar surface area (TPSA) is 65.2 Å². The molecule has 1 aromatic heterocycles. The van der Waals surface area contributed by atoms with Crippen LogP contribution in [0.2, 0.25) is 0 Å². The van der Waals surface area contributed by atoms with Crippen molar-refractivity contribution in [2.24, 2.45) is 0 Å². The maximum Gasteiger partial charge on any atom is 0.268 e. The van der Waals surface area contributed by atoms with Crippen molar-refractivity contribution >= 4 is 11.7 Å². The zero-order chi connectivity index (χ0) is 16.4.